The predicted octanol–water partition coefficient (Wildman–Crippen LogP) is 1.15. The minimum absolute atomic E-state index is 0. The molecule has 1 aliphatic heterocycles. The van der Waals surface area contributed by atoms with Crippen LogP contribution in [0.25, 0.3) is 11.1 Å². The molecule has 2 heterocycles. The number of halogens is 3. The summed E-state index contributed by atoms with van der Waals surface area (Å²) in [7, 11) is 0. The van der Waals surface area contributed by atoms with E-state index in [2.05, 4.69) is 15.2 Å². The molecular formula is C27H28F3N4NaO2. The van der Waals surface area contributed by atoms with Gasteiger partial charge in [-0.15, -0.1) is 0 Å². The molecule has 0 radical (unpaired) electrons. The molecule has 1 saturated heterocycles. The average molecular weight is 521 g/mol. The van der Waals surface area contributed by atoms with Gasteiger partial charge in [0.05, 0.1) is 11.5 Å². The van der Waals surface area contributed by atoms with E-state index >= 15 is 0 Å². The van der Waals surface area contributed by atoms with E-state index in [0.717, 1.165) is 62.0 Å². The van der Waals surface area contributed by atoms with Crippen LogP contribution in [0, 0.1) is 0 Å². The number of carboxylic acid groups (broad SMARTS) is 1. The fourth-order valence-electron chi connectivity index (χ4n) is 4.29. The van der Waals surface area contributed by atoms with Crippen LogP contribution in [-0.2, 0) is 6.18 Å². The zero-order valence-corrected chi connectivity index (χ0v) is 22.8. The number of carbonyl (C=O) groups is 1. The Labute approximate surface area is 236 Å². The minimum Gasteiger partial charge on any atom is -0.545 e. The topological polar surface area (TPSA) is 71.5 Å². The maximum Gasteiger partial charge on any atom is 1.00 e. The van der Waals surface area contributed by atoms with Gasteiger partial charge in [-0.1, -0.05) is 30.3 Å². The third-order valence-corrected chi connectivity index (χ3v) is 6.33. The molecule has 1 aliphatic rings. The van der Waals surface area contributed by atoms with Crippen molar-refractivity contribution in [1.82, 2.24) is 9.88 Å². The number of aromatic nitrogens is 1. The summed E-state index contributed by atoms with van der Waals surface area (Å²) in [5.74, 6) is -0.442. The van der Waals surface area contributed by atoms with E-state index in [-0.39, 0.29) is 35.1 Å². The maximum atomic E-state index is 13.0. The number of unbranched alkanes of at least 4 members (excludes halogenated alkanes) is 1. The molecule has 190 valence electrons. The summed E-state index contributed by atoms with van der Waals surface area (Å²) in [6.07, 6.45) is -0.649. The SMILES string of the molecule is O=C([O-])c1ccc(-c2ccnc(NCCCCN3CCN(c4cccc(C(F)(F)F)c4)CC3)c2)cc1.[Na+]. The van der Waals surface area contributed by atoms with Crippen molar-refractivity contribution in [1.29, 1.82) is 0 Å². The second-order valence-corrected chi connectivity index (χ2v) is 8.81. The number of carbonyl (C=O) groups excluding carboxylic acids is 1. The second-order valence-electron chi connectivity index (χ2n) is 8.81. The standard InChI is InChI=1S/C27H29F3N4O2.Na/c28-27(29,30)23-4-3-5-24(19-23)34-16-14-33(15-17-34)13-2-1-11-31-25-18-22(10-12-32-25)20-6-8-21(9-7-20)26(35)36;/h3-10,12,18-19H,1-2,11,13-17H2,(H,31,32)(H,35,36);/q;+1/p-1. The Bertz CT molecular complexity index is 1170. The van der Waals surface area contributed by atoms with E-state index in [1.54, 1.807) is 24.4 Å². The fourth-order valence-corrected chi connectivity index (χ4v) is 4.29. The number of benzene rings is 2. The van der Waals surface area contributed by atoms with Gasteiger partial charge >= 0.3 is 35.7 Å². The molecular weight excluding hydrogens is 492 g/mol. The molecule has 0 saturated carbocycles. The number of carboxylic acids is 1. The summed E-state index contributed by atoms with van der Waals surface area (Å²) in [4.78, 5) is 19.6. The van der Waals surface area contributed by atoms with Gasteiger partial charge in [-0.2, -0.15) is 13.2 Å². The van der Waals surface area contributed by atoms with Crippen molar-refractivity contribution in [2.75, 3.05) is 49.5 Å². The Morgan fingerprint density at radius 2 is 1.68 bits per heavy atom. The Hall–Kier alpha value is -2.59. The molecule has 0 aliphatic carbocycles. The van der Waals surface area contributed by atoms with Crippen LogP contribution in [0.3, 0.4) is 0 Å². The third-order valence-electron chi connectivity index (χ3n) is 6.33. The zero-order chi connectivity index (χ0) is 25.5. The number of rotatable bonds is 9. The van der Waals surface area contributed by atoms with Crippen LogP contribution >= 0.6 is 0 Å². The van der Waals surface area contributed by atoms with Gasteiger partial charge in [0.15, 0.2) is 0 Å². The second kappa shape index (κ2) is 13.3. The summed E-state index contributed by atoms with van der Waals surface area (Å²) < 4.78 is 39.0. The summed E-state index contributed by atoms with van der Waals surface area (Å²) in [6, 6.07) is 15.9. The monoisotopic (exact) mass is 520 g/mol. The van der Waals surface area contributed by atoms with Gasteiger partial charge in [-0.25, -0.2) is 4.98 Å². The molecule has 2 aromatic carbocycles. The van der Waals surface area contributed by atoms with Gasteiger partial charge in [0, 0.05) is 44.6 Å². The van der Waals surface area contributed by atoms with Crippen LogP contribution in [0.15, 0.2) is 66.9 Å². The Balaban J connectivity index is 0.00000380. The molecule has 6 nitrogen and oxygen atoms in total. The number of aromatic carboxylic acids is 1. The average Bonchev–Trinajstić information content (AvgIpc) is 2.89. The van der Waals surface area contributed by atoms with Gasteiger partial charge in [0.1, 0.15) is 5.82 Å². The molecule has 0 bridgehead atoms. The van der Waals surface area contributed by atoms with E-state index in [9.17, 15) is 23.1 Å². The Morgan fingerprint density at radius 3 is 2.35 bits per heavy atom. The smallest absolute Gasteiger partial charge is 0.545 e. The number of alkyl halides is 3. The number of nitrogens with one attached hydrogen (secondary N) is 1. The fraction of sp³-hybridized carbons (Fsp3) is 0.333. The summed E-state index contributed by atoms with van der Waals surface area (Å²) in [6.45, 7) is 4.77. The van der Waals surface area contributed by atoms with Gasteiger partial charge in [-0.05, 0) is 66.4 Å². The number of pyridine rings is 1. The third kappa shape index (κ3) is 8.20. The van der Waals surface area contributed by atoms with Crippen LogP contribution in [0.1, 0.15) is 28.8 Å². The molecule has 37 heavy (non-hydrogen) atoms. The van der Waals surface area contributed by atoms with E-state index in [0.29, 0.717) is 18.8 Å². The van der Waals surface area contributed by atoms with E-state index < -0.39 is 17.7 Å². The van der Waals surface area contributed by atoms with Crippen molar-refractivity contribution in [2.24, 2.45) is 0 Å². The largest absolute Gasteiger partial charge is 1.00 e. The Kier molecular flexibility index (Phi) is 10.4. The van der Waals surface area contributed by atoms with Crippen LogP contribution < -0.4 is 44.9 Å². The molecule has 0 amide bonds. The number of hydrogen-bond donors (Lipinski definition) is 1. The molecule has 0 spiro atoms. The molecule has 4 rings (SSSR count). The molecule has 1 fully saturated rings. The number of hydrogen-bond acceptors (Lipinski definition) is 6. The molecule has 1 aromatic heterocycles. The van der Waals surface area contributed by atoms with Gasteiger partial charge in [-0.3, -0.25) is 4.90 Å². The first-order valence-electron chi connectivity index (χ1n) is 12.0. The quantitative estimate of drug-likeness (QED) is 0.337. The molecule has 0 atom stereocenters. The molecule has 1 N–H and O–H groups in total. The van der Waals surface area contributed by atoms with Gasteiger partial charge in [0.2, 0.25) is 0 Å². The first-order valence-corrected chi connectivity index (χ1v) is 12.0. The minimum atomic E-state index is -4.33. The first kappa shape index (κ1) is 29.0. The number of anilines is 2. The van der Waals surface area contributed by atoms with Crippen molar-refractivity contribution < 1.29 is 52.6 Å². The van der Waals surface area contributed by atoms with Crippen LogP contribution in [0.4, 0.5) is 24.7 Å². The summed E-state index contributed by atoms with van der Waals surface area (Å²) in [5, 5.41) is 14.3. The number of piperazine rings is 1. The van der Waals surface area contributed by atoms with Crippen molar-refractivity contribution in [3.63, 3.8) is 0 Å². The predicted molar refractivity (Wildman–Crippen MR) is 132 cm³/mol. The van der Waals surface area contributed by atoms with Gasteiger partial charge < -0.3 is 20.1 Å². The van der Waals surface area contributed by atoms with Crippen molar-refractivity contribution in [3.8, 4) is 11.1 Å². The van der Waals surface area contributed by atoms with E-state index in [1.165, 1.54) is 24.3 Å². The maximum absolute atomic E-state index is 13.0. The molecule has 3 aromatic rings. The zero-order valence-electron chi connectivity index (χ0n) is 20.8. The van der Waals surface area contributed by atoms with Crippen LogP contribution in [0.5, 0.6) is 0 Å². The van der Waals surface area contributed by atoms with Crippen molar-refractivity contribution in [2.45, 2.75) is 19.0 Å². The normalized spacial score (nSPS) is 14.2. The number of nitrogens with zero attached hydrogens (tertiary/aromatic N) is 3. The summed E-state index contributed by atoms with van der Waals surface area (Å²) in [5.41, 5.74) is 2.00. The van der Waals surface area contributed by atoms with Crippen LogP contribution in [-0.4, -0.2) is 55.1 Å². The van der Waals surface area contributed by atoms with Crippen molar-refractivity contribution >= 4 is 17.5 Å². The van der Waals surface area contributed by atoms with E-state index in [4.69, 9.17) is 0 Å². The van der Waals surface area contributed by atoms with Crippen molar-refractivity contribution in [3.05, 3.63) is 78.0 Å². The first-order chi connectivity index (χ1) is 17.3. The van der Waals surface area contributed by atoms with E-state index in [1.807, 2.05) is 17.0 Å². The summed E-state index contributed by atoms with van der Waals surface area (Å²) >= 11 is 0. The molecule has 0 unspecified atom stereocenters. The molecule has 10 heteroatoms. The van der Waals surface area contributed by atoms with Gasteiger partial charge in [0.25, 0.3) is 0 Å². The van der Waals surface area contributed by atoms with Crippen LogP contribution in [0.2, 0.25) is 0 Å². The Morgan fingerprint density at radius 1 is 0.946 bits per heavy atom.